The number of hydrogen-bond donors (Lipinski definition) is 1. The monoisotopic (exact) mass is 385 g/mol. The summed E-state index contributed by atoms with van der Waals surface area (Å²) in [5, 5.41) is 2.52. The minimum atomic E-state index is -4.53. The summed E-state index contributed by atoms with van der Waals surface area (Å²) in [4.78, 5) is 13.3. The summed E-state index contributed by atoms with van der Waals surface area (Å²) in [6.45, 7) is 0.413. The van der Waals surface area contributed by atoms with Crippen molar-refractivity contribution in [2.75, 3.05) is 31.9 Å². The lowest BCUT2D eigenvalue weighted by molar-refractivity contribution is -0.137. The topological polar surface area (TPSA) is 47.6 Å². The predicted octanol–water partition coefficient (Wildman–Crippen LogP) is 4.70. The molecule has 0 spiro atoms. The number of rotatable bonds is 7. The Morgan fingerprint density at radius 2 is 1.88 bits per heavy atom. The second kappa shape index (κ2) is 8.95. The van der Waals surface area contributed by atoms with Crippen LogP contribution in [0.25, 0.3) is 0 Å². The molecule has 0 unspecified atom stereocenters. The number of carbonyl (C=O) groups excluding carboxylic acids is 1. The second-order valence-corrected chi connectivity index (χ2v) is 6.05. The molecular weight excluding hydrogens is 367 g/mol. The first-order valence-electron chi connectivity index (χ1n) is 7.64. The van der Waals surface area contributed by atoms with Crippen molar-refractivity contribution in [1.82, 2.24) is 0 Å². The molecule has 0 aliphatic carbocycles. The Morgan fingerprint density at radius 1 is 1.15 bits per heavy atom. The van der Waals surface area contributed by atoms with Gasteiger partial charge in [-0.05, 0) is 36.6 Å². The van der Waals surface area contributed by atoms with Crippen LogP contribution in [-0.4, -0.2) is 32.5 Å². The van der Waals surface area contributed by atoms with Crippen LogP contribution in [0.5, 0.6) is 5.75 Å². The highest BCUT2D eigenvalue weighted by Crippen LogP contribution is 2.35. The number of benzene rings is 2. The van der Waals surface area contributed by atoms with Crippen molar-refractivity contribution in [3.8, 4) is 5.75 Å². The van der Waals surface area contributed by atoms with Gasteiger partial charge in [-0.25, -0.2) is 0 Å². The van der Waals surface area contributed by atoms with E-state index < -0.39 is 17.6 Å². The Labute approximate surface area is 153 Å². The van der Waals surface area contributed by atoms with Crippen LogP contribution in [0.1, 0.15) is 15.9 Å². The van der Waals surface area contributed by atoms with E-state index in [1.54, 1.807) is 24.3 Å². The third kappa shape index (κ3) is 5.15. The van der Waals surface area contributed by atoms with Crippen LogP contribution in [-0.2, 0) is 10.9 Å². The number of anilines is 1. The number of ether oxygens (including phenoxy) is 2. The quantitative estimate of drug-likeness (QED) is 0.554. The van der Waals surface area contributed by atoms with Gasteiger partial charge in [-0.3, -0.25) is 4.79 Å². The smallest absolute Gasteiger partial charge is 0.416 e. The number of thioether (sulfide) groups is 1. The van der Waals surface area contributed by atoms with Crippen LogP contribution in [0.15, 0.2) is 47.4 Å². The van der Waals surface area contributed by atoms with Crippen molar-refractivity contribution in [3.63, 3.8) is 0 Å². The van der Waals surface area contributed by atoms with Crippen molar-refractivity contribution in [2.45, 2.75) is 11.1 Å². The summed E-state index contributed by atoms with van der Waals surface area (Å²) >= 11 is 1.37. The first-order valence-corrected chi connectivity index (χ1v) is 8.86. The molecule has 26 heavy (non-hydrogen) atoms. The van der Waals surface area contributed by atoms with Gasteiger partial charge >= 0.3 is 6.18 Å². The molecule has 8 heteroatoms. The summed E-state index contributed by atoms with van der Waals surface area (Å²) in [7, 11) is 1.48. The number of methoxy groups -OCH3 is 1. The fraction of sp³-hybridized carbons (Fsp3) is 0.278. The van der Waals surface area contributed by atoms with Gasteiger partial charge in [0.05, 0.1) is 23.4 Å². The molecule has 4 nitrogen and oxygen atoms in total. The molecule has 0 bridgehead atoms. The van der Waals surface area contributed by atoms with Crippen molar-refractivity contribution >= 4 is 23.4 Å². The van der Waals surface area contributed by atoms with Gasteiger partial charge in [0.2, 0.25) is 0 Å². The molecule has 2 rings (SSSR count). The van der Waals surface area contributed by atoms with Crippen molar-refractivity contribution < 1.29 is 27.4 Å². The zero-order valence-electron chi connectivity index (χ0n) is 14.2. The molecule has 140 valence electrons. The Hall–Kier alpha value is -2.19. The van der Waals surface area contributed by atoms with E-state index in [9.17, 15) is 18.0 Å². The highest BCUT2D eigenvalue weighted by molar-refractivity contribution is 7.98. The molecule has 0 aliphatic rings. The maximum atomic E-state index is 13.0. The molecule has 0 atom stereocenters. The van der Waals surface area contributed by atoms with Gasteiger partial charge in [0.25, 0.3) is 5.91 Å². The van der Waals surface area contributed by atoms with Crippen molar-refractivity contribution in [2.24, 2.45) is 0 Å². The van der Waals surface area contributed by atoms with Gasteiger partial charge in [0.15, 0.2) is 0 Å². The number of amides is 1. The molecule has 1 N–H and O–H groups in total. The predicted molar refractivity (Wildman–Crippen MR) is 95.0 cm³/mol. The van der Waals surface area contributed by atoms with E-state index in [1.165, 1.54) is 24.9 Å². The van der Waals surface area contributed by atoms with Crippen LogP contribution in [0, 0.1) is 0 Å². The fourth-order valence-electron chi connectivity index (χ4n) is 2.19. The molecule has 2 aromatic carbocycles. The van der Waals surface area contributed by atoms with Gasteiger partial charge < -0.3 is 14.8 Å². The summed E-state index contributed by atoms with van der Waals surface area (Å²) in [6.07, 6.45) is -2.71. The number of halogens is 3. The minimum Gasteiger partial charge on any atom is -0.489 e. The maximum Gasteiger partial charge on any atom is 0.416 e. The zero-order chi connectivity index (χ0) is 19.2. The molecule has 0 aliphatic heterocycles. The van der Waals surface area contributed by atoms with Crippen LogP contribution in [0.2, 0.25) is 0 Å². The fourth-order valence-corrected chi connectivity index (χ4v) is 2.78. The first-order chi connectivity index (χ1) is 12.4. The van der Waals surface area contributed by atoms with E-state index in [2.05, 4.69) is 5.32 Å². The SMILES string of the molecule is COCCOc1ccc(C(F)(F)F)cc1NC(=O)c1ccccc1SC. The number of nitrogens with one attached hydrogen (secondary N) is 1. The molecule has 0 fully saturated rings. The molecule has 2 aromatic rings. The number of hydrogen-bond acceptors (Lipinski definition) is 4. The Kier molecular flexibility index (Phi) is 6.93. The molecule has 1 amide bonds. The van der Waals surface area contributed by atoms with Crippen LogP contribution in [0.4, 0.5) is 18.9 Å². The molecule has 0 aromatic heterocycles. The highest BCUT2D eigenvalue weighted by atomic mass is 32.2. The third-order valence-corrected chi connectivity index (χ3v) is 4.25. The molecular formula is C18H18F3NO3S. The maximum absolute atomic E-state index is 13.0. The van der Waals surface area contributed by atoms with Crippen LogP contribution < -0.4 is 10.1 Å². The van der Waals surface area contributed by atoms with E-state index in [0.29, 0.717) is 5.56 Å². The lowest BCUT2D eigenvalue weighted by Crippen LogP contribution is -2.16. The molecule has 0 saturated heterocycles. The summed E-state index contributed by atoms with van der Waals surface area (Å²) in [5.41, 5.74) is -0.540. The van der Waals surface area contributed by atoms with Gasteiger partial charge in [0, 0.05) is 12.0 Å². The average molecular weight is 385 g/mol. The zero-order valence-corrected chi connectivity index (χ0v) is 15.0. The second-order valence-electron chi connectivity index (χ2n) is 5.20. The minimum absolute atomic E-state index is 0.0446. The number of carbonyl (C=O) groups is 1. The Balaban J connectivity index is 2.33. The molecule has 0 saturated carbocycles. The molecule has 0 radical (unpaired) electrons. The summed E-state index contributed by atoms with van der Waals surface area (Å²) in [6, 6.07) is 9.81. The lowest BCUT2D eigenvalue weighted by Gasteiger charge is -2.16. The van der Waals surface area contributed by atoms with Gasteiger partial charge in [-0.2, -0.15) is 13.2 Å². The lowest BCUT2D eigenvalue weighted by atomic mass is 10.1. The van der Waals surface area contributed by atoms with Crippen LogP contribution >= 0.6 is 11.8 Å². The van der Waals surface area contributed by atoms with E-state index in [4.69, 9.17) is 9.47 Å². The average Bonchev–Trinajstić information content (AvgIpc) is 2.62. The van der Waals surface area contributed by atoms with Crippen molar-refractivity contribution in [1.29, 1.82) is 0 Å². The molecule has 0 heterocycles. The Morgan fingerprint density at radius 3 is 2.54 bits per heavy atom. The van der Waals surface area contributed by atoms with Gasteiger partial charge in [-0.15, -0.1) is 11.8 Å². The van der Waals surface area contributed by atoms with E-state index >= 15 is 0 Å². The van der Waals surface area contributed by atoms with Crippen LogP contribution in [0.3, 0.4) is 0 Å². The normalized spacial score (nSPS) is 11.3. The first kappa shape index (κ1) is 20.1. The van der Waals surface area contributed by atoms with E-state index in [1.807, 2.05) is 6.26 Å². The number of alkyl halides is 3. The third-order valence-electron chi connectivity index (χ3n) is 3.45. The summed E-state index contributed by atoms with van der Waals surface area (Å²) < 4.78 is 49.3. The van der Waals surface area contributed by atoms with Gasteiger partial charge in [0.1, 0.15) is 12.4 Å². The Bertz CT molecular complexity index is 766. The van der Waals surface area contributed by atoms with E-state index in [0.717, 1.165) is 17.0 Å². The highest BCUT2D eigenvalue weighted by Gasteiger charge is 2.31. The van der Waals surface area contributed by atoms with Gasteiger partial charge in [-0.1, -0.05) is 12.1 Å². The van der Waals surface area contributed by atoms with Crippen molar-refractivity contribution in [3.05, 3.63) is 53.6 Å². The summed E-state index contributed by atoms with van der Waals surface area (Å²) in [5.74, 6) is -0.365. The standard InChI is InChI=1S/C18H18F3NO3S/c1-24-9-10-25-15-8-7-12(18(19,20)21)11-14(15)22-17(23)13-5-3-4-6-16(13)26-2/h3-8,11H,9-10H2,1-2H3,(H,22,23). The van der Waals surface area contributed by atoms with E-state index in [-0.39, 0.29) is 24.7 Å². The largest absolute Gasteiger partial charge is 0.489 e.